The Labute approximate surface area is 156 Å². The largest absolute Gasteiger partial charge is 0.372 e. The van der Waals surface area contributed by atoms with Gasteiger partial charge in [-0.2, -0.15) is 0 Å². The van der Waals surface area contributed by atoms with Crippen LogP contribution in [0.4, 0.5) is 11.4 Å². The second-order valence-electron chi connectivity index (χ2n) is 6.84. The molecule has 0 unspecified atom stereocenters. The predicted octanol–water partition coefficient (Wildman–Crippen LogP) is 4.78. The molecule has 1 saturated heterocycles. The normalized spacial score (nSPS) is 14.2. The van der Waals surface area contributed by atoms with E-state index in [2.05, 4.69) is 71.8 Å². The number of nitrogens with zero attached hydrogens (tertiary/aromatic N) is 1. The Balaban J connectivity index is 1.52. The third-order valence-corrected chi connectivity index (χ3v) is 5.00. The highest BCUT2D eigenvalue weighted by molar-refractivity contribution is 7.80. The van der Waals surface area contributed by atoms with Crippen LogP contribution in [0, 0.1) is 13.8 Å². The molecule has 132 valence electrons. The molecule has 1 aliphatic rings. The fourth-order valence-corrected chi connectivity index (χ4v) is 3.38. The SMILES string of the molecule is Cc1ccc(C)c(NC(=S)NCc2ccc(N3CCCCC3)cc2)c1. The molecule has 1 heterocycles. The number of aryl methyl sites for hydroxylation is 2. The van der Waals surface area contributed by atoms with Crippen LogP contribution in [0.1, 0.15) is 36.0 Å². The summed E-state index contributed by atoms with van der Waals surface area (Å²) >= 11 is 5.44. The van der Waals surface area contributed by atoms with E-state index in [0.717, 1.165) is 12.2 Å². The van der Waals surface area contributed by atoms with Gasteiger partial charge in [0.2, 0.25) is 0 Å². The average Bonchev–Trinajstić information content (AvgIpc) is 2.64. The summed E-state index contributed by atoms with van der Waals surface area (Å²) in [5, 5.41) is 7.26. The van der Waals surface area contributed by atoms with Crippen LogP contribution in [0.15, 0.2) is 42.5 Å². The molecule has 0 radical (unpaired) electrons. The van der Waals surface area contributed by atoms with Crippen LogP contribution in [0.2, 0.25) is 0 Å². The number of piperidine rings is 1. The number of anilines is 2. The zero-order valence-electron chi connectivity index (χ0n) is 15.1. The number of rotatable bonds is 4. The molecule has 0 atom stereocenters. The summed E-state index contributed by atoms with van der Waals surface area (Å²) in [6, 6.07) is 15.2. The number of thiocarbonyl (C=S) groups is 1. The van der Waals surface area contributed by atoms with Crippen molar-refractivity contribution in [2.75, 3.05) is 23.3 Å². The number of hydrogen-bond acceptors (Lipinski definition) is 2. The summed E-state index contributed by atoms with van der Waals surface area (Å²) in [4.78, 5) is 2.48. The minimum Gasteiger partial charge on any atom is -0.372 e. The summed E-state index contributed by atoms with van der Waals surface area (Å²) in [7, 11) is 0. The highest BCUT2D eigenvalue weighted by Gasteiger charge is 2.10. The third-order valence-electron chi connectivity index (χ3n) is 4.75. The molecular weight excluding hydrogens is 326 g/mol. The van der Waals surface area contributed by atoms with Gasteiger partial charge in [0, 0.05) is 31.0 Å². The summed E-state index contributed by atoms with van der Waals surface area (Å²) < 4.78 is 0. The van der Waals surface area contributed by atoms with Crippen molar-refractivity contribution in [2.24, 2.45) is 0 Å². The lowest BCUT2D eigenvalue weighted by Gasteiger charge is -2.28. The summed E-state index contributed by atoms with van der Waals surface area (Å²) in [5.74, 6) is 0. The quantitative estimate of drug-likeness (QED) is 0.774. The van der Waals surface area contributed by atoms with Gasteiger partial charge in [0.1, 0.15) is 0 Å². The van der Waals surface area contributed by atoms with E-state index in [1.807, 2.05) is 0 Å². The van der Waals surface area contributed by atoms with Crippen LogP contribution in [0.25, 0.3) is 0 Å². The molecule has 0 amide bonds. The smallest absolute Gasteiger partial charge is 0.171 e. The standard InChI is InChI=1S/C21H27N3S/c1-16-6-7-17(2)20(14-16)23-21(25)22-15-18-8-10-19(11-9-18)24-12-4-3-5-13-24/h6-11,14H,3-5,12-13,15H2,1-2H3,(H2,22,23,25). The van der Waals surface area contributed by atoms with Crippen molar-refractivity contribution in [1.82, 2.24) is 5.32 Å². The second kappa shape index (κ2) is 8.34. The van der Waals surface area contributed by atoms with E-state index in [0.29, 0.717) is 5.11 Å². The van der Waals surface area contributed by atoms with E-state index in [1.165, 1.54) is 54.7 Å². The van der Waals surface area contributed by atoms with Crippen molar-refractivity contribution in [3.8, 4) is 0 Å². The van der Waals surface area contributed by atoms with Crippen LogP contribution < -0.4 is 15.5 Å². The monoisotopic (exact) mass is 353 g/mol. The molecular formula is C21H27N3S. The van der Waals surface area contributed by atoms with Crippen LogP contribution >= 0.6 is 12.2 Å². The Morgan fingerprint density at radius 2 is 1.72 bits per heavy atom. The lowest BCUT2D eigenvalue weighted by molar-refractivity contribution is 0.578. The van der Waals surface area contributed by atoms with Gasteiger partial charge in [-0.1, -0.05) is 24.3 Å². The predicted molar refractivity (Wildman–Crippen MR) is 111 cm³/mol. The molecule has 2 N–H and O–H groups in total. The average molecular weight is 354 g/mol. The molecule has 0 aromatic heterocycles. The molecule has 0 bridgehead atoms. The minimum atomic E-state index is 0.661. The lowest BCUT2D eigenvalue weighted by atomic mass is 10.1. The molecule has 3 rings (SSSR count). The first kappa shape index (κ1) is 17.7. The first-order valence-electron chi connectivity index (χ1n) is 9.08. The van der Waals surface area contributed by atoms with Gasteiger partial charge in [-0.25, -0.2) is 0 Å². The van der Waals surface area contributed by atoms with E-state index < -0.39 is 0 Å². The summed E-state index contributed by atoms with van der Waals surface area (Å²) in [6.45, 7) is 7.27. The van der Waals surface area contributed by atoms with Gasteiger partial charge in [0.05, 0.1) is 0 Å². The van der Waals surface area contributed by atoms with Crippen LogP contribution in [0.3, 0.4) is 0 Å². The molecule has 25 heavy (non-hydrogen) atoms. The molecule has 1 aliphatic heterocycles. The maximum atomic E-state index is 5.44. The molecule has 3 nitrogen and oxygen atoms in total. The van der Waals surface area contributed by atoms with Crippen molar-refractivity contribution in [1.29, 1.82) is 0 Å². The van der Waals surface area contributed by atoms with E-state index in [1.54, 1.807) is 0 Å². The van der Waals surface area contributed by atoms with Crippen molar-refractivity contribution >= 4 is 28.7 Å². The molecule has 0 aliphatic carbocycles. The van der Waals surface area contributed by atoms with Crippen molar-refractivity contribution in [2.45, 2.75) is 39.7 Å². The van der Waals surface area contributed by atoms with Gasteiger partial charge < -0.3 is 15.5 Å². The third kappa shape index (κ3) is 4.95. The maximum absolute atomic E-state index is 5.44. The Bertz CT molecular complexity index is 718. The summed E-state index contributed by atoms with van der Waals surface area (Å²) in [5.41, 5.74) is 6.06. The van der Waals surface area contributed by atoms with Crippen molar-refractivity contribution < 1.29 is 0 Å². The number of nitrogens with one attached hydrogen (secondary N) is 2. The number of benzene rings is 2. The molecule has 4 heteroatoms. The van der Waals surface area contributed by atoms with Gasteiger partial charge in [0.15, 0.2) is 5.11 Å². The molecule has 0 spiro atoms. The zero-order valence-corrected chi connectivity index (χ0v) is 16.0. The van der Waals surface area contributed by atoms with E-state index >= 15 is 0 Å². The molecule has 0 saturated carbocycles. The van der Waals surface area contributed by atoms with E-state index in [-0.39, 0.29) is 0 Å². The minimum absolute atomic E-state index is 0.661. The van der Waals surface area contributed by atoms with Gasteiger partial charge in [-0.05, 0) is 80.2 Å². The first-order valence-corrected chi connectivity index (χ1v) is 9.48. The van der Waals surface area contributed by atoms with Crippen molar-refractivity contribution in [3.05, 3.63) is 59.2 Å². The highest BCUT2D eigenvalue weighted by Crippen LogP contribution is 2.20. The van der Waals surface area contributed by atoms with E-state index in [9.17, 15) is 0 Å². The van der Waals surface area contributed by atoms with E-state index in [4.69, 9.17) is 12.2 Å². The maximum Gasteiger partial charge on any atom is 0.171 e. The molecule has 2 aromatic rings. The van der Waals surface area contributed by atoms with Gasteiger partial charge in [-0.3, -0.25) is 0 Å². The summed E-state index contributed by atoms with van der Waals surface area (Å²) in [6.07, 6.45) is 3.98. The Morgan fingerprint density at radius 3 is 2.44 bits per heavy atom. The first-order chi connectivity index (χ1) is 12.1. The molecule has 1 fully saturated rings. The number of hydrogen-bond donors (Lipinski definition) is 2. The second-order valence-corrected chi connectivity index (χ2v) is 7.25. The van der Waals surface area contributed by atoms with Crippen LogP contribution in [-0.4, -0.2) is 18.2 Å². The Kier molecular flexibility index (Phi) is 5.92. The Hall–Kier alpha value is -2.07. The lowest BCUT2D eigenvalue weighted by Crippen LogP contribution is -2.29. The van der Waals surface area contributed by atoms with Gasteiger partial charge >= 0.3 is 0 Å². The zero-order chi connectivity index (χ0) is 17.6. The van der Waals surface area contributed by atoms with Gasteiger partial charge in [0.25, 0.3) is 0 Å². The topological polar surface area (TPSA) is 27.3 Å². The van der Waals surface area contributed by atoms with Gasteiger partial charge in [-0.15, -0.1) is 0 Å². The van der Waals surface area contributed by atoms with Crippen LogP contribution in [-0.2, 0) is 6.54 Å². The van der Waals surface area contributed by atoms with Crippen molar-refractivity contribution in [3.63, 3.8) is 0 Å². The highest BCUT2D eigenvalue weighted by atomic mass is 32.1. The Morgan fingerprint density at radius 1 is 1.00 bits per heavy atom. The van der Waals surface area contributed by atoms with Crippen LogP contribution in [0.5, 0.6) is 0 Å². The fraction of sp³-hybridized carbons (Fsp3) is 0.381. The fourth-order valence-electron chi connectivity index (χ4n) is 3.20. The molecule has 2 aromatic carbocycles.